The van der Waals surface area contributed by atoms with Gasteiger partial charge in [0.1, 0.15) is 48.8 Å². The fraction of sp³-hybridized carbons (Fsp3) is 0.945. The molecule has 14 heteroatoms. The molecule has 1 amide bonds. The van der Waals surface area contributed by atoms with Crippen LogP contribution < -0.4 is 5.32 Å². The summed E-state index contributed by atoms with van der Waals surface area (Å²) in [6, 6.07) is -0.908. The van der Waals surface area contributed by atoms with Gasteiger partial charge < -0.3 is 65.1 Å². The molecular weight excluding hydrogens is 883 g/mol. The average molecular weight is 988 g/mol. The van der Waals surface area contributed by atoms with Crippen LogP contribution in [-0.4, -0.2) is 140 Å². The van der Waals surface area contributed by atoms with E-state index in [0.29, 0.717) is 6.42 Å². The van der Waals surface area contributed by atoms with Gasteiger partial charge in [0.15, 0.2) is 12.6 Å². The number of nitrogens with one attached hydrogen (secondary N) is 1. The van der Waals surface area contributed by atoms with Crippen molar-refractivity contribution in [3.8, 4) is 0 Å². The number of hydrogen-bond acceptors (Lipinski definition) is 13. The molecule has 0 radical (unpaired) electrons. The molecule has 2 aliphatic rings. The molecule has 2 fully saturated rings. The molecular formula is C55H105NO13. The van der Waals surface area contributed by atoms with Gasteiger partial charge in [0.05, 0.1) is 32.0 Å². The topological polar surface area (TPSA) is 228 Å². The van der Waals surface area contributed by atoms with Crippen LogP contribution in [0, 0.1) is 0 Å². The molecule has 0 spiro atoms. The van der Waals surface area contributed by atoms with Gasteiger partial charge in [0.25, 0.3) is 0 Å². The minimum atomic E-state index is -1.78. The lowest BCUT2D eigenvalue weighted by molar-refractivity contribution is -0.359. The fourth-order valence-corrected chi connectivity index (χ4v) is 9.59. The van der Waals surface area contributed by atoms with Crippen LogP contribution in [0.5, 0.6) is 0 Å². The maximum atomic E-state index is 13.2. The molecule has 12 atom stereocenters. The molecule has 9 N–H and O–H groups in total. The number of allylic oxidation sites excluding steroid dienone is 1. The Morgan fingerprint density at radius 3 is 1.33 bits per heavy atom. The van der Waals surface area contributed by atoms with Gasteiger partial charge >= 0.3 is 0 Å². The van der Waals surface area contributed by atoms with E-state index in [4.69, 9.17) is 18.9 Å². The molecule has 0 saturated carbocycles. The first-order chi connectivity index (χ1) is 33.6. The second kappa shape index (κ2) is 42.1. The predicted molar refractivity (Wildman–Crippen MR) is 272 cm³/mol. The molecule has 0 aliphatic carbocycles. The number of rotatable bonds is 45. The van der Waals surface area contributed by atoms with Gasteiger partial charge in [-0.2, -0.15) is 0 Å². The van der Waals surface area contributed by atoms with Crippen molar-refractivity contribution in [2.24, 2.45) is 0 Å². The summed E-state index contributed by atoms with van der Waals surface area (Å²) >= 11 is 0. The number of hydrogen-bond donors (Lipinski definition) is 9. The lowest BCUT2D eigenvalue weighted by Crippen LogP contribution is -2.65. The third kappa shape index (κ3) is 28.7. The molecule has 2 unspecified atom stereocenters. The molecule has 2 saturated heterocycles. The van der Waals surface area contributed by atoms with Crippen LogP contribution in [0.4, 0.5) is 0 Å². The molecule has 2 heterocycles. The highest BCUT2D eigenvalue weighted by molar-refractivity contribution is 5.76. The van der Waals surface area contributed by atoms with Crippen LogP contribution in [0.2, 0.25) is 0 Å². The summed E-state index contributed by atoms with van der Waals surface area (Å²) in [6.45, 7) is 2.81. The second-order valence-electron chi connectivity index (χ2n) is 20.4. The number of aliphatic hydroxyl groups is 8. The SMILES string of the molecule is CCCCCCCCCCCCC/C=C\C(O)C(CO[C@@H]1O[C@H](CO)[C@H](O[C@H]2O[C@H](CO)[C@H](O)[C@H](O)[C@H]2O)[C@H](O)[C@H]1O)NC(=O)CCCCCCCCCCCCCCCCCCCCCCCC. The van der Waals surface area contributed by atoms with Gasteiger partial charge in [-0.15, -0.1) is 0 Å². The smallest absolute Gasteiger partial charge is 0.220 e. The molecule has 0 aromatic rings. The van der Waals surface area contributed by atoms with Gasteiger partial charge in [-0.25, -0.2) is 0 Å². The zero-order valence-corrected chi connectivity index (χ0v) is 43.6. The third-order valence-electron chi connectivity index (χ3n) is 14.2. The summed E-state index contributed by atoms with van der Waals surface area (Å²) in [7, 11) is 0. The Morgan fingerprint density at radius 1 is 0.507 bits per heavy atom. The highest BCUT2D eigenvalue weighted by atomic mass is 16.7. The Labute approximate surface area is 418 Å². The van der Waals surface area contributed by atoms with E-state index in [1.54, 1.807) is 6.08 Å². The highest BCUT2D eigenvalue weighted by Crippen LogP contribution is 2.30. The lowest BCUT2D eigenvalue weighted by Gasteiger charge is -2.46. The Kier molecular flexibility index (Phi) is 39.0. The second-order valence-corrected chi connectivity index (χ2v) is 20.4. The Balaban J connectivity index is 1.76. The van der Waals surface area contributed by atoms with Crippen molar-refractivity contribution in [2.45, 2.75) is 312 Å². The van der Waals surface area contributed by atoms with Crippen LogP contribution in [0.25, 0.3) is 0 Å². The highest BCUT2D eigenvalue weighted by Gasteiger charge is 2.51. The summed E-state index contributed by atoms with van der Waals surface area (Å²) in [5.41, 5.74) is 0. The van der Waals surface area contributed by atoms with E-state index in [1.165, 1.54) is 173 Å². The Hall–Kier alpha value is -1.27. The quantitative estimate of drug-likeness (QED) is 0.0206. The number of carbonyl (C=O) groups excluding carboxylic acids is 1. The normalized spacial score (nSPS) is 26.2. The minimum Gasteiger partial charge on any atom is -0.394 e. The van der Waals surface area contributed by atoms with Gasteiger partial charge in [0.2, 0.25) is 5.91 Å². The summed E-state index contributed by atoms with van der Waals surface area (Å²) in [4.78, 5) is 13.2. The van der Waals surface area contributed by atoms with Gasteiger partial charge in [-0.1, -0.05) is 225 Å². The van der Waals surface area contributed by atoms with Crippen molar-refractivity contribution in [1.82, 2.24) is 5.32 Å². The standard InChI is InChI=1S/C55H105NO13/c1-3-5-7-9-11-13-15-17-18-19-20-21-22-23-24-25-27-29-31-33-35-37-39-47(60)56-43(44(59)38-36-34-32-30-28-26-16-14-12-10-8-6-4-2)42-66-54-52(65)50(63)53(46(41-58)68-54)69-55-51(64)49(62)48(61)45(40-57)67-55/h36,38,43-46,48-55,57-59,61-65H,3-35,37,39-42H2,1-2H3,(H,56,60)/b38-36-/t43?,44?,45-,46-,48+,49+,50-,51-,52-,53+,54-,55-/m1/s1. The number of carbonyl (C=O) groups is 1. The summed E-state index contributed by atoms with van der Waals surface area (Å²) in [5.74, 6) is -0.235. The fourth-order valence-electron chi connectivity index (χ4n) is 9.59. The molecule has 2 aliphatic heterocycles. The molecule has 69 heavy (non-hydrogen) atoms. The van der Waals surface area contributed by atoms with E-state index in [0.717, 1.165) is 38.5 Å². The van der Waals surface area contributed by atoms with Crippen LogP contribution in [0.15, 0.2) is 12.2 Å². The van der Waals surface area contributed by atoms with Crippen molar-refractivity contribution in [2.75, 3.05) is 19.8 Å². The first-order valence-corrected chi connectivity index (χ1v) is 28.4. The number of unbranched alkanes of at least 4 members (excludes halogenated alkanes) is 32. The van der Waals surface area contributed by atoms with Crippen molar-refractivity contribution >= 4 is 5.91 Å². The number of ether oxygens (including phenoxy) is 4. The van der Waals surface area contributed by atoms with E-state index in [2.05, 4.69) is 19.2 Å². The third-order valence-corrected chi connectivity index (χ3v) is 14.2. The molecule has 0 bridgehead atoms. The zero-order chi connectivity index (χ0) is 50.3. The van der Waals surface area contributed by atoms with Crippen molar-refractivity contribution in [3.05, 3.63) is 12.2 Å². The van der Waals surface area contributed by atoms with E-state index in [9.17, 15) is 45.6 Å². The van der Waals surface area contributed by atoms with E-state index < -0.39 is 86.8 Å². The van der Waals surface area contributed by atoms with Crippen molar-refractivity contribution in [1.29, 1.82) is 0 Å². The van der Waals surface area contributed by atoms with E-state index in [-0.39, 0.29) is 18.9 Å². The summed E-state index contributed by atoms with van der Waals surface area (Å²) in [6.07, 6.45) is 29.7. The maximum Gasteiger partial charge on any atom is 0.220 e. The zero-order valence-electron chi connectivity index (χ0n) is 43.6. The average Bonchev–Trinajstić information content (AvgIpc) is 3.35. The van der Waals surface area contributed by atoms with E-state index in [1.807, 2.05) is 6.08 Å². The number of aliphatic hydroxyl groups excluding tert-OH is 8. The monoisotopic (exact) mass is 988 g/mol. The van der Waals surface area contributed by atoms with Crippen molar-refractivity contribution in [3.63, 3.8) is 0 Å². The van der Waals surface area contributed by atoms with Crippen LogP contribution in [0.1, 0.15) is 239 Å². The predicted octanol–water partition coefficient (Wildman–Crippen LogP) is 8.72. The van der Waals surface area contributed by atoms with Gasteiger partial charge in [-0.3, -0.25) is 4.79 Å². The maximum absolute atomic E-state index is 13.2. The molecule has 2 rings (SSSR count). The van der Waals surface area contributed by atoms with Crippen LogP contribution >= 0.6 is 0 Å². The van der Waals surface area contributed by atoms with Crippen LogP contribution in [-0.2, 0) is 23.7 Å². The minimum absolute atomic E-state index is 0.235. The number of amides is 1. The Bertz CT molecular complexity index is 1210. The first kappa shape index (κ1) is 63.8. The van der Waals surface area contributed by atoms with E-state index >= 15 is 0 Å². The van der Waals surface area contributed by atoms with Crippen molar-refractivity contribution < 1.29 is 64.6 Å². The Morgan fingerprint density at radius 2 is 0.899 bits per heavy atom. The van der Waals surface area contributed by atoms with Gasteiger partial charge in [-0.05, 0) is 19.3 Å². The lowest BCUT2D eigenvalue weighted by atomic mass is 9.97. The first-order valence-electron chi connectivity index (χ1n) is 28.4. The van der Waals surface area contributed by atoms with Crippen LogP contribution in [0.3, 0.4) is 0 Å². The summed E-state index contributed by atoms with van der Waals surface area (Å²) < 4.78 is 22.7. The summed E-state index contributed by atoms with van der Waals surface area (Å²) in [5, 5.41) is 86.9. The molecule has 0 aromatic heterocycles. The largest absolute Gasteiger partial charge is 0.394 e. The molecule has 14 nitrogen and oxygen atoms in total. The van der Waals surface area contributed by atoms with Gasteiger partial charge in [0, 0.05) is 6.42 Å². The molecule has 408 valence electrons. The molecule has 0 aromatic carbocycles.